The Morgan fingerprint density at radius 3 is 2.32 bits per heavy atom. The van der Waals surface area contributed by atoms with Gasteiger partial charge in [-0.15, -0.1) is 0 Å². The van der Waals surface area contributed by atoms with E-state index in [0.29, 0.717) is 17.3 Å². The molecular weight excluding hydrogens is 494 g/mol. The zero-order chi connectivity index (χ0) is 26.7. The van der Waals surface area contributed by atoms with Gasteiger partial charge < -0.3 is 10.2 Å². The van der Waals surface area contributed by atoms with Crippen LogP contribution in [0.3, 0.4) is 0 Å². The standard InChI is InChI=1S/C28H35N5O2S.C2H6/c1-18(19-3-4-19)33-24-23(28(9-10-28)25(33)34)17-29-26(31-24)30-20-5-7-21(8-6-20)36(35)22-15-27(16-22)11-13-32(2)14-12-27;1-2/h5-8,17-19,22H,3-4,9-16H2,1-2H3,(H,29,30,31);1-2H3. The summed E-state index contributed by atoms with van der Waals surface area (Å²) in [6.45, 7) is 8.49. The van der Waals surface area contributed by atoms with Crippen LogP contribution in [-0.4, -0.2) is 56.4 Å². The topological polar surface area (TPSA) is 78.4 Å². The molecule has 5 aliphatic rings. The van der Waals surface area contributed by atoms with Crippen LogP contribution >= 0.6 is 0 Å². The van der Waals surface area contributed by atoms with E-state index in [2.05, 4.69) is 29.2 Å². The second-order valence-corrected chi connectivity index (χ2v) is 13.8. The van der Waals surface area contributed by atoms with Gasteiger partial charge in [0.1, 0.15) is 5.82 Å². The van der Waals surface area contributed by atoms with Crippen molar-refractivity contribution in [1.82, 2.24) is 14.9 Å². The fraction of sp³-hybridized carbons (Fsp3) is 0.633. The average molecular weight is 536 g/mol. The molecule has 7 rings (SSSR count). The summed E-state index contributed by atoms with van der Waals surface area (Å²) in [5, 5.41) is 3.59. The number of piperidine rings is 1. The zero-order valence-electron chi connectivity index (χ0n) is 23.2. The van der Waals surface area contributed by atoms with Crippen LogP contribution < -0.4 is 10.2 Å². The molecule has 1 amide bonds. The van der Waals surface area contributed by atoms with E-state index in [-0.39, 0.29) is 22.6 Å². The molecule has 3 saturated carbocycles. The summed E-state index contributed by atoms with van der Waals surface area (Å²) >= 11 is 0. The van der Waals surface area contributed by atoms with Gasteiger partial charge in [-0.2, -0.15) is 4.98 Å². The van der Waals surface area contributed by atoms with E-state index >= 15 is 0 Å². The Labute approximate surface area is 229 Å². The minimum absolute atomic E-state index is 0.188. The third-order valence-electron chi connectivity index (χ3n) is 9.62. The summed E-state index contributed by atoms with van der Waals surface area (Å²) in [5.41, 5.74) is 1.93. The lowest BCUT2D eigenvalue weighted by Gasteiger charge is -2.51. The van der Waals surface area contributed by atoms with Gasteiger partial charge in [0.15, 0.2) is 0 Å². The predicted molar refractivity (Wildman–Crippen MR) is 152 cm³/mol. The van der Waals surface area contributed by atoms with E-state index in [9.17, 15) is 9.00 Å². The number of carbonyl (C=O) groups is 1. The lowest BCUT2D eigenvalue weighted by molar-refractivity contribution is -0.120. The number of fused-ring (bicyclic) bond motifs is 2. The van der Waals surface area contributed by atoms with Crippen LogP contribution in [0.2, 0.25) is 0 Å². The maximum absolute atomic E-state index is 13.3. The highest BCUT2D eigenvalue weighted by Gasteiger charge is 2.61. The molecule has 3 aliphatic carbocycles. The third kappa shape index (κ3) is 4.37. The number of hydrogen-bond donors (Lipinski definition) is 1. The molecule has 1 aromatic carbocycles. The van der Waals surface area contributed by atoms with Crippen molar-refractivity contribution >= 4 is 34.2 Å². The van der Waals surface area contributed by atoms with E-state index in [0.717, 1.165) is 60.7 Å². The van der Waals surface area contributed by atoms with E-state index in [1.165, 1.54) is 25.7 Å². The van der Waals surface area contributed by atoms with Gasteiger partial charge in [0.05, 0.1) is 16.2 Å². The highest BCUT2D eigenvalue weighted by atomic mass is 32.2. The lowest BCUT2D eigenvalue weighted by Crippen LogP contribution is -2.49. The van der Waals surface area contributed by atoms with E-state index in [1.54, 1.807) is 0 Å². The maximum Gasteiger partial charge on any atom is 0.239 e. The Kier molecular flexibility index (Phi) is 6.62. The van der Waals surface area contributed by atoms with Gasteiger partial charge in [0.2, 0.25) is 11.9 Å². The number of nitrogens with one attached hydrogen (secondary N) is 1. The summed E-state index contributed by atoms with van der Waals surface area (Å²) < 4.78 is 13.2. The van der Waals surface area contributed by atoms with E-state index in [4.69, 9.17) is 4.98 Å². The molecule has 8 heteroatoms. The van der Waals surface area contributed by atoms with Crippen molar-refractivity contribution in [2.75, 3.05) is 30.4 Å². The van der Waals surface area contributed by atoms with Crippen LogP contribution in [0.1, 0.15) is 77.7 Å². The molecule has 2 atom stereocenters. The summed E-state index contributed by atoms with van der Waals surface area (Å²) in [7, 11) is 1.23. The molecule has 1 N–H and O–H groups in total. The van der Waals surface area contributed by atoms with Crippen molar-refractivity contribution in [2.24, 2.45) is 11.3 Å². The summed E-state index contributed by atoms with van der Waals surface area (Å²) in [5.74, 6) is 2.10. The van der Waals surface area contributed by atoms with Crippen molar-refractivity contribution in [2.45, 2.75) is 93.7 Å². The second-order valence-electron chi connectivity index (χ2n) is 12.0. The van der Waals surface area contributed by atoms with Crippen LogP contribution in [0.25, 0.3) is 0 Å². The summed E-state index contributed by atoms with van der Waals surface area (Å²) in [6.07, 6.45) is 10.7. The normalized spacial score (nSPS) is 24.8. The molecular formula is C30H41N5O2S. The van der Waals surface area contributed by atoms with Gasteiger partial charge in [0.25, 0.3) is 0 Å². The van der Waals surface area contributed by atoms with E-state index in [1.807, 2.05) is 49.2 Å². The minimum atomic E-state index is -0.964. The molecule has 204 valence electrons. The quantitative estimate of drug-likeness (QED) is 0.533. The first kappa shape index (κ1) is 25.9. The molecule has 2 aromatic rings. The van der Waals surface area contributed by atoms with Gasteiger partial charge >= 0.3 is 0 Å². The number of aromatic nitrogens is 2. The van der Waals surface area contributed by atoms with Crippen LogP contribution in [0.5, 0.6) is 0 Å². The van der Waals surface area contributed by atoms with Gasteiger partial charge in [-0.3, -0.25) is 13.9 Å². The molecule has 1 saturated heterocycles. The number of benzene rings is 1. The Hall–Kier alpha value is -2.32. The SMILES string of the molecule is CC.CC(C1CC1)N1C(=O)C2(CC2)c2cnc(Nc3ccc(S(=O)C4CC5(CCN(C)CC5)C4)cc3)nc21. The molecule has 2 unspecified atom stereocenters. The third-order valence-corrected chi connectivity index (χ3v) is 11.3. The number of nitrogens with zero attached hydrogens (tertiary/aromatic N) is 4. The Morgan fingerprint density at radius 2 is 1.71 bits per heavy atom. The van der Waals surface area contributed by atoms with Crippen molar-refractivity contribution in [3.8, 4) is 0 Å². The summed E-state index contributed by atoms with van der Waals surface area (Å²) in [4.78, 5) is 27.9. The predicted octanol–water partition coefficient (Wildman–Crippen LogP) is 5.41. The average Bonchev–Trinajstić information content (AvgIpc) is 3.84. The molecule has 2 aliphatic heterocycles. The minimum Gasteiger partial charge on any atom is -0.324 e. The number of hydrogen-bond acceptors (Lipinski definition) is 6. The van der Waals surface area contributed by atoms with Crippen molar-refractivity contribution < 1.29 is 9.00 Å². The molecule has 0 bridgehead atoms. The molecule has 0 radical (unpaired) electrons. The van der Waals surface area contributed by atoms with Crippen molar-refractivity contribution in [1.29, 1.82) is 0 Å². The molecule has 1 aromatic heterocycles. The molecule has 2 spiro atoms. The first-order valence-corrected chi connectivity index (χ1v) is 15.8. The van der Waals surface area contributed by atoms with Gasteiger partial charge in [-0.25, -0.2) is 4.98 Å². The maximum atomic E-state index is 13.3. The molecule has 3 heterocycles. The first-order valence-electron chi connectivity index (χ1n) is 14.5. The Bertz CT molecular complexity index is 1220. The number of amides is 1. The lowest BCUT2D eigenvalue weighted by atomic mass is 9.63. The number of carbonyl (C=O) groups excluding carboxylic acids is 1. The Morgan fingerprint density at radius 1 is 1.05 bits per heavy atom. The van der Waals surface area contributed by atoms with E-state index < -0.39 is 10.8 Å². The van der Waals surface area contributed by atoms with Crippen LogP contribution in [0, 0.1) is 11.3 Å². The molecule has 7 nitrogen and oxygen atoms in total. The van der Waals surface area contributed by atoms with Gasteiger partial charge in [-0.05, 0) is 114 Å². The van der Waals surface area contributed by atoms with Crippen LogP contribution in [-0.2, 0) is 21.0 Å². The smallest absolute Gasteiger partial charge is 0.239 e. The van der Waals surface area contributed by atoms with Crippen molar-refractivity contribution in [3.63, 3.8) is 0 Å². The first-order chi connectivity index (χ1) is 18.4. The highest BCUT2D eigenvalue weighted by molar-refractivity contribution is 7.85. The van der Waals surface area contributed by atoms with Gasteiger partial charge in [-0.1, -0.05) is 13.8 Å². The monoisotopic (exact) mass is 535 g/mol. The largest absolute Gasteiger partial charge is 0.324 e. The zero-order valence-corrected chi connectivity index (χ0v) is 24.0. The molecule has 4 fully saturated rings. The number of rotatable bonds is 6. The Balaban J connectivity index is 0.00000129. The highest BCUT2D eigenvalue weighted by Crippen LogP contribution is 2.58. The fourth-order valence-electron chi connectivity index (χ4n) is 6.72. The van der Waals surface area contributed by atoms with Gasteiger partial charge in [0, 0.05) is 33.6 Å². The van der Waals surface area contributed by atoms with Crippen molar-refractivity contribution in [3.05, 3.63) is 36.0 Å². The van der Waals surface area contributed by atoms with Crippen LogP contribution in [0.4, 0.5) is 17.5 Å². The number of likely N-dealkylation sites (tertiary alicyclic amines) is 1. The number of anilines is 3. The second kappa shape index (κ2) is 9.70. The van der Waals surface area contributed by atoms with Crippen LogP contribution in [0.15, 0.2) is 35.4 Å². The summed E-state index contributed by atoms with van der Waals surface area (Å²) in [6, 6.07) is 8.05. The fourth-order valence-corrected chi connectivity index (χ4v) is 8.52. The molecule has 38 heavy (non-hydrogen) atoms.